The summed E-state index contributed by atoms with van der Waals surface area (Å²) in [6.45, 7) is 0. The van der Waals surface area contributed by atoms with Crippen LogP contribution < -0.4 is 0 Å². The number of ether oxygens (including phenoxy) is 2. The van der Waals surface area contributed by atoms with Crippen LogP contribution in [0.5, 0.6) is 0 Å². The van der Waals surface area contributed by atoms with Crippen LogP contribution >= 0.6 is 0 Å². The molecule has 0 fully saturated rings. The van der Waals surface area contributed by atoms with Gasteiger partial charge >= 0.3 is 54.1 Å². The molecule has 0 aromatic carbocycles. The number of hydrogen-bond donors (Lipinski definition) is 0. The Bertz CT molecular complexity index is 714. The molecule has 0 saturated carbocycles. The fourth-order valence-corrected chi connectivity index (χ4v) is 1.26. The van der Waals surface area contributed by atoms with Crippen molar-refractivity contribution in [1.29, 1.82) is 5.26 Å². The number of hydrogen-bond acceptors (Lipinski definition) is 3. The van der Waals surface area contributed by atoms with Crippen LogP contribution in [0, 0.1) is 11.3 Å². The third-order valence-corrected chi connectivity index (χ3v) is 2.72. The van der Waals surface area contributed by atoms with Gasteiger partial charge in [-0.05, 0) is 0 Å². The molecule has 0 amide bonds. The van der Waals surface area contributed by atoms with Crippen molar-refractivity contribution in [2.75, 3.05) is 0 Å². The lowest BCUT2D eigenvalue weighted by Crippen LogP contribution is -2.69. The van der Waals surface area contributed by atoms with Gasteiger partial charge in [0.15, 0.2) is 0 Å². The van der Waals surface area contributed by atoms with Crippen molar-refractivity contribution >= 4 is 0 Å². The Morgan fingerprint density at radius 2 is 1.03 bits per heavy atom. The highest BCUT2D eigenvalue weighted by Gasteiger charge is 2.87. The number of nitrogens with zero attached hydrogens (tertiary/aromatic N) is 1. The second kappa shape index (κ2) is 7.49. The number of halogens is 17. The van der Waals surface area contributed by atoms with E-state index in [1.165, 1.54) is 4.74 Å². The normalized spacial score (nSPS) is 18.1. The van der Waals surface area contributed by atoms with E-state index < -0.39 is 60.2 Å². The molecule has 0 radical (unpaired) electrons. The third kappa shape index (κ3) is 4.29. The molecule has 2 atom stereocenters. The number of alkyl halides is 14. The highest BCUT2D eigenvalue weighted by molar-refractivity contribution is 5.18. The molecule has 0 aliphatic heterocycles. The smallest absolute Gasteiger partial charge is 0.398 e. The minimum Gasteiger partial charge on any atom is -0.398 e. The maximum Gasteiger partial charge on any atom is 0.471 e. The maximum absolute atomic E-state index is 13.6. The van der Waals surface area contributed by atoms with E-state index in [2.05, 4.69) is 0 Å². The Balaban J connectivity index is 6.71. The second-order valence-electron chi connectivity index (χ2n) is 4.71. The largest absolute Gasteiger partial charge is 0.471 e. The molecule has 0 N–H and O–H groups in total. The Morgan fingerprint density at radius 1 is 0.633 bits per heavy atom. The molecular weight excluding hydrogens is 489 g/mol. The predicted molar refractivity (Wildman–Crippen MR) is 52.8 cm³/mol. The van der Waals surface area contributed by atoms with Gasteiger partial charge in [0.1, 0.15) is 6.07 Å². The molecule has 3 nitrogen and oxygen atoms in total. The zero-order valence-electron chi connectivity index (χ0n) is 12.7. The van der Waals surface area contributed by atoms with Crippen molar-refractivity contribution in [3.63, 3.8) is 0 Å². The average molecular weight is 489 g/mol. The van der Waals surface area contributed by atoms with Gasteiger partial charge in [0.05, 0.1) is 0 Å². The zero-order chi connectivity index (χ0) is 24.8. The van der Waals surface area contributed by atoms with Crippen LogP contribution in [0.15, 0.2) is 12.1 Å². The van der Waals surface area contributed by atoms with Crippen LogP contribution in [0.2, 0.25) is 0 Å². The Morgan fingerprint density at radius 3 is 1.30 bits per heavy atom. The average Bonchev–Trinajstić information content (AvgIpc) is 2.50. The van der Waals surface area contributed by atoms with Gasteiger partial charge in [-0.2, -0.15) is 75.5 Å². The lowest BCUT2D eigenvalue weighted by Gasteiger charge is -2.39. The highest BCUT2D eigenvalue weighted by Crippen LogP contribution is 2.57. The zero-order valence-corrected chi connectivity index (χ0v) is 12.7. The van der Waals surface area contributed by atoms with Crippen LogP contribution in [0.4, 0.5) is 74.6 Å². The quantitative estimate of drug-likeness (QED) is 0.331. The Kier molecular flexibility index (Phi) is 6.94. The lowest BCUT2D eigenvalue weighted by molar-refractivity contribution is -0.517. The SMILES string of the molecule is N#CC(F)(C(F)(F)OC(F)(C(F)(F)F)C(F)(F)OC(F)=C(F)F)C(F)(F)C(F)(F)F. The van der Waals surface area contributed by atoms with Crippen molar-refractivity contribution in [2.45, 2.75) is 42.0 Å². The first-order valence-electron chi connectivity index (χ1n) is 6.00. The first-order valence-corrected chi connectivity index (χ1v) is 6.00. The molecule has 0 spiro atoms. The van der Waals surface area contributed by atoms with Crippen LogP contribution in [-0.2, 0) is 9.47 Å². The maximum atomic E-state index is 13.6. The summed E-state index contributed by atoms with van der Waals surface area (Å²) in [5.41, 5.74) is -7.35. The summed E-state index contributed by atoms with van der Waals surface area (Å²) in [4.78, 5) is 0. The molecule has 0 rings (SSSR count). The van der Waals surface area contributed by atoms with Gasteiger partial charge < -0.3 is 4.74 Å². The van der Waals surface area contributed by atoms with Gasteiger partial charge in [0, 0.05) is 0 Å². The fourth-order valence-electron chi connectivity index (χ4n) is 1.26. The molecule has 2 unspecified atom stereocenters. The molecule has 0 aliphatic carbocycles. The van der Waals surface area contributed by atoms with E-state index in [1.54, 1.807) is 4.74 Å². The van der Waals surface area contributed by atoms with E-state index in [9.17, 15) is 74.6 Å². The molecule has 176 valence electrons. The molecule has 30 heavy (non-hydrogen) atoms. The van der Waals surface area contributed by atoms with Gasteiger partial charge in [-0.25, -0.2) is 4.39 Å². The monoisotopic (exact) mass is 489 g/mol. The van der Waals surface area contributed by atoms with E-state index in [4.69, 9.17) is 5.26 Å². The third-order valence-electron chi connectivity index (χ3n) is 2.72. The molecule has 0 heterocycles. The van der Waals surface area contributed by atoms with E-state index in [0.29, 0.717) is 0 Å². The van der Waals surface area contributed by atoms with Crippen molar-refractivity contribution in [2.24, 2.45) is 0 Å². The second-order valence-corrected chi connectivity index (χ2v) is 4.71. The summed E-state index contributed by atoms with van der Waals surface area (Å²) in [6, 6.07) is -5.26. The number of rotatable bonds is 7. The van der Waals surface area contributed by atoms with E-state index in [1.807, 2.05) is 0 Å². The van der Waals surface area contributed by atoms with Gasteiger partial charge in [0.25, 0.3) is 0 Å². The van der Waals surface area contributed by atoms with Gasteiger partial charge in [-0.3, -0.25) is 4.74 Å². The standard InChI is InChI=1S/C10F17NO2/c11-2(12)3(13)29-10(26,27)6(17,8(21,22)23)30-9(24,25)4(14,1-28)5(15,16)7(18,19)20. The predicted octanol–water partition coefficient (Wildman–Crippen LogP) is 5.90. The summed E-state index contributed by atoms with van der Waals surface area (Å²) in [5.74, 6) is -15.5. The van der Waals surface area contributed by atoms with Crippen molar-refractivity contribution < 1.29 is 84.1 Å². The van der Waals surface area contributed by atoms with Crippen LogP contribution in [0.1, 0.15) is 0 Å². The van der Waals surface area contributed by atoms with Crippen LogP contribution in [0.3, 0.4) is 0 Å². The first kappa shape index (κ1) is 27.8. The molecule has 20 heteroatoms. The van der Waals surface area contributed by atoms with Crippen molar-refractivity contribution in [3.05, 3.63) is 12.1 Å². The minimum absolute atomic E-state index is 1.18. The molecule has 0 aromatic rings. The summed E-state index contributed by atoms with van der Waals surface area (Å²) >= 11 is 0. The number of nitriles is 1. The molecule has 0 bridgehead atoms. The van der Waals surface area contributed by atoms with Gasteiger partial charge in [0.2, 0.25) is 0 Å². The summed E-state index contributed by atoms with van der Waals surface area (Å²) in [6.07, 6.45) is -34.5. The van der Waals surface area contributed by atoms with Crippen LogP contribution in [0.25, 0.3) is 0 Å². The molecule has 0 saturated heterocycles. The van der Waals surface area contributed by atoms with Crippen molar-refractivity contribution in [1.82, 2.24) is 0 Å². The van der Waals surface area contributed by atoms with Gasteiger partial charge in [-0.1, -0.05) is 0 Å². The first-order chi connectivity index (χ1) is 12.8. The van der Waals surface area contributed by atoms with E-state index >= 15 is 0 Å². The van der Waals surface area contributed by atoms with Crippen molar-refractivity contribution in [3.8, 4) is 6.07 Å². The molecule has 0 aromatic heterocycles. The van der Waals surface area contributed by atoms with E-state index in [-0.39, 0.29) is 0 Å². The topological polar surface area (TPSA) is 42.2 Å². The Hall–Kier alpha value is -2.20. The fraction of sp³-hybridized carbons (Fsp3) is 0.700. The minimum atomic E-state index is -7.77. The highest BCUT2D eigenvalue weighted by atomic mass is 19.4. The Labute approximate surface area is 151 Å². The lowest BCUT2D eigenvalue weighted by atomic mass is 9.97. The van der Waals surface area contributed by atoms with Crippen LogP contribution in [-0.4, -0.2) is 42.0 Å². The molecular formula is C10F17NO2. The summed E-state index contributed by atoms with van der Waals surface area (Å²) in [5, 5.41) is 7.89. The summed E-state index contributed by atoms with van der Waals surface area (Å²) < 4.78 is 218. The summed E-state index contributed by atoms with van der Waals surface area (Å²) in [7, 11) is 0. The van der Waals surface area contributed by atoms with Gasteiger partial charge in [-0.15, -0.1) is 0 Å². The molecule has 0 aliphatic rings. The van der Waals surface area contributed by atoms with E-state index in [0.717, 1.165) is 0 Å².